The van der Waals surface area contributed by atoms with E-state index in [1.165, 1.54) is 20.3 Å². The fraction of sp³-hybridized carbons (Fsp3) is 0.613. The van der Waals surface area contributed by atoms with Crippen molar-refractivity contribution in [3.63, 3.8) is 0 Å². The number of nitrogens with zero attached hydrogens (tertiary/aromatic N) is 1. The highest BCUT2D eigenvalue weighted by Crippen LogP contribution is 2.32. The number of Topliss-reactive ketones (excluding diaryl/α,β-unsaturated/α-hetero) is 1. The number of aliphatic hydroxyl groups is 1. The van der Waals surface area contributed by atoms with E-state index in [1.54, 1.807) is 30.9 Å². The lowest BCUT2D eigenvalue weighted by molar-refractivity contribution is -0.120. The number of nitrogens with two attached hydrogens (primary N) is 2. The molecule has 1 saturated heterocycles. The van der Waals surface area contributed by atoms with Gasteiger partial charge in [-0.3, -0.25) is 14.4 Å². The van der Waals surface area contributed by atoms with Gasteiger partial charge in [0.15, 0.2) is 6.10 Å². The Hall–Kier alpha value is -3.32. The standard InChI is InChI=1S/C31H46N4O8/c1-16-10-21-26(35-14-20(32)15-35)23(36)13-22(28(21)38)34-30(39)17(2)8-7-9-24(41-5)29(43-31(33)40)19(4)12-18(3)27(37)25(11-16)42-6/h8,12-13,16,18,20,24-25,27,29,37H,7,9-11,14-15,32H2,1-6H3,(H2,33,40)(H,34,39)/b17-8+,19-12+/t16-,18+,24+,25+,27-,29+/m1/s1. The third-order valence-corrected chi connectivity index (χ3v) is 8.32. The molecule has 0 unspecified atom stereocenters. The van der Waals surface area contributed by atoms with Crippen LogP contribution in [0.4, 0.5) is 4.79 Å². The van der Waals surface area contributed by atoms with Crippen LogP contribution in [-0.4, -0.2) is 91.3 Å². The summed E-state index contributed by atoms with van der Waals surface area (Å²) in [4.78, 5) is 53.7. The summed E-state index contributed by atoms with van der Waals surface area (Å²) in [5.74, 6) is -1.90. The van der Waals surface area contributed by atoms with E-state index in [-0.39, 0.29) is 29.9 Å². The third kappa shape index (κ3) is 8.41. The molecule has 0 aromatic carbocycles. The van der Waals surface area contributed by atoms with Gasteiger partial charge < -0.3 is 41.0 Å². The molecule has 43 heavy (non-hydrogen) atoms. The molecule has 2 heterocycles. The maximum Gasteiger partial charge on any atom is 0.405 e. The van der Waals surface area contributed by atoms with Crippen LogP contribution in [0.15, 0.2) is 46.3 Å². The minimum atomic E-state index is -0.964. The lowest BCUT2D eigenvalue weighted by Gasteiger charge is -2.41. The molecule has 3 aliphatic rings. The van der Waals surface area contributed by atoms with Crippen molar-refractivity contribution >= 4 is 23.6 Å². The normalized spacial score (nSPS) is 33.1. The molecule has 2 bridgehead atoms. The lowest BCUT2D eigenvalue weighted by Crippen LogP contribution is -2.56. The first kappa shape index (κ1) is 34.2. The molecular weight excluding hydrogens is 556 g/mol. The van der Waals surface area contributed by atoms with Crippen LogP contribution in [-0.2, 0) is 28.6 Å². The topological polar surface area (TPSA) is 184 Å². The smallest absolute Gasteiger partial charge is 0.405 e. The molecule has 238 valence electrons. The van der Waals surface area contributed by atoms with Crippen LogP contribution < -0.4 is 16.8 Å². The summed E-state index contributed by atoms with van der Waals surface area (Å²) in [7, 11) is 2.99. The molecule has 2 aliphatic heterocycles. The van der Waals surface area contributed by atoms with Crippen molar-refractivity contribution in [3.05, 3.63) is 46.3 Å². The van der Waals surface area contributed by atoms with Crippen LogP contribution >= 0.6 is 0 Å². The van der Waals surface area contributed by atoms with Gasteiger partial charge in [0.1, 0.15) is 0 Å². The van der Waals surface area contributed by atoms with Crippen molar-refractivity contribution in [1.29, 1.82) is 0 Å². The maximum atomic E-state index is 13.7. The molecule has 1 aliphatic carbocycles. The quantitative estimate of drug-likeness (QED) is 0.272. The molecule has 0 radical (unpaired) electrons. The zero-order chi connectivity index (χ0) is 32.0. The van der Waals surface area contributed by atoms with Crippen molar-refractivity contribution in [2.75, 3.05) is 27.3 Å². The number of amides is 2. The Bertz CT molecular complexity index is 1220. The van der Waals surface area contributed by atoms with E-state index in [2.05, 4.69) is 5.32 Å². The van der Waals surface area contributed by atoms with Gasteiger partial charge in [0.05, 0.1) is 29.7 Å². The molecule has 1 fully saturated rings. The van der Waals surface area contributed by atoms with Crippen LogP contribution in [0.25, 0.3) is 0 Å². The fourth-order valence-corrected chi connectivity index (χ4v) is 5.92. The van der Waals surface area contributed by atoms with Crippen LogP contribution in [0.2, 0.25) is 0 Å². The number of ketones is 2. The van der Waals surface area contributed by atoms with Gasteiger partial charge in [-0.2, -0.15) is 0 Å². The third-order valence-electron chi connectivity index (χ3n) is 8.32. The van der Waals surface area contributed by atoms with Crippen molar-refractivity contribution in [1.82, 2.24) is 10.2 Å². The second-order valence-corrected chi connectivity index (χ2v) is 11.9. The van der Waals surface area contributed by atoms with E-state index >= 15 is 0 Å². The molecule has 0 aromatic rings. The molecule has 0 aromatic heterocycles. The SMILES string of the molecule is CO[C@H]1C[C@H](C)CC2=C(N3CC(N)C3)C(=O)C=C(NC(=O)/C(C)=C/CC[C@H](OC)[C@@H](OC(N)=O)/C(C)=C/[C@H](C)[C@H]1O)C2=O. The summed E-state index contributed by atoms with van der Waals surface area (Å²) in [6, 6.07) is -0.0914. The highest BCUT2D eigenvalue weighted by atomic mass is 16.6. The minimum Gasteiger partial charge on any atom is -0.439 e. The van der Waals surface area contributed by atoms with E-state index in [1.807, 2.05) is 13.8 Å². The van der Waals surface area contributed by atoms with Crippen LogP contribution in [0.3, 0.4) is 0 Å². The molecule has 6 atom stereocenters. The largest absolute Gasteiger partial charge is 0.439 e. The first-order valence-electron chi connectivity index (χ1n) is 14.7. The molecule has 12 nitrogen and oxygen atoms in total. The summed E-state index contributed by atoms with van der Waals surface area (Å²) < 4.78 is 16.8. The van der Waals surface area contributed by atoms with E-state index in [0.29, 0.717) is 54.8 Å². The number of ether oxygens (including phenoxy) is 3. The molecule has 12 heteroatoms. The number of hydrogen-bond donors (Lipinski definition) is 4. The van der Waals surface area contributed by atoms with Crippen LogP contribution in [0.5, 0.6) is 0 Å². The number of nitrogens with one attached hydrogen (secondary N) is 1. The Morgan fingerprint density at radius 1 is 1.09 bits per heavy atom. The monoisotopic (exact) mass is 602 g/mol. The molecule has 0 saturated carbocycles. The maximum absolute atomic E-state index is 13.7. The number of fused-ring (bicyclic) bond motifs is 2. The molecule has 2 amide bonds. The van der Waals surface area contributed by atoms with Gasteiger partial charge in [-0.15, -0.1) is 0 Å². The van der Waals surface area contributed by atoms with Gasteiger partial charge in [-0.25, -0.2) is 4.79 Å². The zero-order valence-electron chi connectivity index (χ0n) is 25.9. The summed E-state index contributed by atoms with van der Waals surface area (Å²) in [5.41, 5.74) is 12.9. The summed E-state index contributed by atoms with van der Waals surface area (Å²) in [5, 5.41) is 13.9. The highest BCUT2D eigenvalue weighted by Gasteiger charge is 2.38. The number of methoxy groups -OCH3 is 2. The number of primary amides is 1. The molecular formula is C31H46N4O8. The Morgan fingerprint density at radius 3 is 2.33 bits per heavy atom. The summed E-state index contributed by atoms with van der Waals surface area (Å²) in [6.45, 7) is 8.03. The zero-order valence-corrected chi connectivity index (χ0v) is 25.9. The minimum absolute atomic E-state index is 0.0853. The first-order chi connectivity index (χ1) is 20.3. The van der Waals surface area contributed by atoms with Gasteiger partial charge >= 0.3 is 6.09 Å². The average molecular weight is 603 g/mol. The van der Waals surface area contributed by atoms with Crippen molar-refractivity contribution in [2.24, 2.45) is 23.3 Å². The predicted octanol–water partition coefficient (Wildman–Crippen LogP) is 1.63. The van der Waals surface area contributed by atoms with Gasteiger partial charge in [0, 0.05) is 56.5 Å². The van der Waals surface area contributed by atoms with Crippen molar-refractivity contribution in [3.8, 4) is 0 Å². The van der Waals surface area contributed by atoms with Gasteiger partial charge in [0.2, 0.25) is 11.6 Å². The Kier molecular flexibility index (Phi) is 11.9. The molecule has 0 spiro atoms. The Morgan fingerprint density at radius 2 is 1.74 bits per heavy atom. The Labute approximate surface area is 253 Å². The molecule has 3 rings (SSSR count). The first-order valence-corrected chi connectivity index (χ1v) is 14.7. The van der Waals surface area contributed by atoms with Gasteiger partial charge in [-0.05, 0) is 51.0 Å². The highest BCUT2D eigenvalue weighted by molar-refractivity contribution is 6.23. The number of rotatable bonds is 4. The number of carbonyl (C=O) groups excluding carboxylic acids is 4. The predicted molar refractivity (Wildman–Crippen MR) is 159 cm³/mol. The number of hydrogen-bond acceptors (Lipinski definition) is 10. The van der Waals surface area contributed by atoms with Crippen molar-refractivity contribution in [2.45, 2.75) is 83.8 Å². The van der Waals surface area contributed by atoms with E-state index in [0.717, 1.165) is 0 Å². The van der Waals surface area contributed by atoms with Crippen LogP contribution in [0.1, 0.15) is 53.4 Å². The van der Waals surface area contributed by atoms with E-state index in [4.69, 9.17) is 25.7 Å². The molecule has 6 N–H and O–H groups in total. The summed E-state index contributed by atoms with van der Waals surface area (Å²) in [6.07, 6.45) is 2.08. The summed E-state index contributed by atoms with van der Waals surface area (Å²) >= 11 is 0. The number of carbonyl (C=O) groups is 4. The number of aliphatic hydroxyl groups excluding tert-OH is 1. The lowest BCUT2D eigenvalue weighted by atomic mass is 9.84. The second-order valence-electron chi connectivity index (χ2n) is 11.9. The van der Waals surface area contributed by atoms with Crippen molar-refractivity contribution < 1.29 is 38.5 Å². The number of allylic oxidation sites excluding steroid dienone is 3. The van der Waals surface area contributed by atoms with Gasteiger partial charge in [0.25, 0.3) is 5.91 Å². The van der Waals surface area contributed by atoms with Gasteiger partial charge in [-0.1, -0.05) is 26.0 Å². The van der Waals surface area contributed by atoms with Crippen LogP contribution in [0, 0.1) is 11.8 Å². The second kappa shape index (κ2) is 14.9. The number of likely N-dealkylation sites (tertiary alicyclic amines) is 1. The fourth-order valence-electron chi connectivity index (χ4n) is 5.92. The average Bonchev–Trinajstić information content (AvgIpc) is 2.93. The van der Waals surface area contributed by atoms with E-state index < -0.39 is 48.1 Å². The van der Waals surface area contributed by atoms with E-state index in [9.17, 15) is 24.3 Å². The Balaban J connectivity index is 2.03.